The summed E-state index contributed by atoms with van der Waals surface area (Å²) < 4.78 is 10.8. The molecule has 0 unspecified atom stereocenters. The maximum absolute atomic E-state index is 12.0. The number of thiophene rings is 1. The Bertz CT molecular complexity index is 844. The van der Waals surface area contributed by atoms with E-state index in [1.165, 1.54) is 24.2 Å². The Hall–Kier alpha value is -2.62. The van der Waals surface area contributed by atoms with Crippen LogP contribution in [0.4, 0.5) is 0 Å². The topological polar surface area (TPSA) is 64.6 Å². The minimum absolute atomic E-state index is 0. The Labute approximate surface area is 197 Å². The number of unbranched alkanes of at least 4 members (excludes halogenated alkanes) is 1. The van der Waals surface area contributed by atoms with Gasteiger partial charge in [-0.15, -0.1) is 17.8 Å². The van der Waals surface area contributed by atoms with E-state index in [0.717, 1.165) is 47.1 Å². The molecule has 2 aromatic rings. The zero-order valence-electron chi connectivity index (χ0n) is 19.0. The first kappa shape index (κ1) is 29.4. The Morgan fingerprint density at radius 2 is 1.69 bits per heavy atom. The van der Waals surface area contributed by atoms with Crippen LogP contribution in [0.2, 0.25) is 0 Å². The van der Waals surface area contributed by atoms with Crippen LogP contribution in [0.25, 0.3) is 10.4 Å². The third-order valence-corrected chi connectivity index (χ3v) is 5.22. The number of imide groups is 1. The van der Waals surface area contributed by atoms with Crippen LogP contribution >= 0.6 is 11.3 Å². The predicted molar refractivity (Wildman–Crippen MR) is 134 cm³/mol. The molecule has 1 N–H and O–H groups in total. The van der Waals surface area contributed by atoms with Crippen molar-refractivity contribution in [3.63, 3.8) is 0 Å². The quantitative estimate of drug-likeness (QED) is 0.337. The summed E-state index contributed by atoms with van der Waals surface area (Å²) in [7, 11) is 0. The van der Waals surface area contributed by atoms with Crippen LogP contribution in [0.1, 0.15) is 69.1 Å². The van der Waals surface area contributed by atoms with Gasteiger partial charge in [0.25, 0.3) is 5.91 Å². The van der Waals surface area contributed by atoms with Crippen LogP contribution in [-0.4, -0.2) is 31.6 Å². The van der Waals surface area contributed by atoms with Crippen LogP contribution in [0.5, 0.6) is 5.75 Å². The maximum Gasteiger partial charge on any atom is 0.302 e. The summed E-state index contributed by atoms with van der Waals surface area (Å²) in [6.07, 6.45) is 9.51. The van der Waals surface area contributed by atoms with Gasteiger partial charge in [-0.2, -0.15) is 0 Å². The van der Waals surface area contributed by atoms with Gasteiger partial charge in [0.2, 0.25) is 0 Å². The minimum Gasteiger partial charge on any atom is -0.494 e. The fraction of sp³-hybridized carbons (Fsp3) is 0.462. The first-order valence-corrected chi connectivity index (χ1v) is 11.5. The molecule has 0 atom stereocenters. The number of hydrogen-bond acceptors (Lipinski definition) is 5. The first-order valence-electron chi connectivity index (χ1n) is 10.7. The van der Waals surface area contributed by atoms with Crippen molar-refractivity contribution >= 4 is 23.2 Å². The summed E-state index contributed by atoms with van der Waals surface area (Å²) in [5, 5.41) is 2.16. The average Bonchev–Trinajstić information content (AvgIpc) is 3.17. The van der Waals surface area contributed by atoms with Gasteiger partial charge in [0.05, 0.1) is 12.2 Å². The molecule has 32 heavy (non-hydrogen) atoms. The van der Waals surface area contributed by atoms with Gasteiger partial charge in [-0.25, -0.2) is 0 Å². The van der Waals surface area contributed by atoms with Crippen molar-refractivity contribution in [2.75, 3.05) is 19.8 Å². The van der Waals surface area contributed by atoms with Crippen molar-refractivity contribution in [3.8, 4) is 28.5 Å². The molecule has 0 bridgehead atoms. The zero-order chi connectivity index (χ0) is 23.1. The number of hydrogen-bond donors (Lipinski definition) is 1. The van der Waals surface area contributed by atoms with Gasteiger partial charge in [0, 0.05) is 23.0 Å². The first-order chi connectivity index (χ1) is 15.0. The van der Waals surface area contributed by atoms with E-state index in [1.807, 2.05) is 37.1 Å². The standard InChI is InChI=1S/C18H17NO3S.C7H16O.CH4/c1-4-10-22-14-8-6-13(7-9-14)16-11-15(12(3)23-16)18(21)19-17(20)5-2;1-3-5-7-8-6-4-2;/h2,6-9,11H,4,10H2,1,3H3,(H,19,20,21);3-7H2,1-2H3;1H4. The van der Waals surface area contributed by atoms with Crippen molar-refractivity contribution in [1.29, 1.82) is 0 Å². The maximum atomic E-state index is 12.0. The second-order valence-corrected chi connectivity index (χ2v) is 8.10. The molecule has 6 heteroatoms. The molecule has 1 aromatic heterocycles. The van der Waals surface area contributed by atoms with E-state index in [9.17, 15) is 9.59 Å². The fourth-order valence-corrected chi connectivity index (χ4v) is 3.51. The van der Waals surface area contributed by atoms with Crippen LogP contribution in [-0.2, 0) is 9.53 Å². The number of carbonyl (C=O) groups excluding carboxylic acids is 2. The third kappa shape index (κ3) is 10.6. The lowest BCUT2D eigenvalue weighted by Crippen LogP contribution is -2.29. The highest BCUT2D eigenvalue weighted by Crippen LogP contribution is 2.32. The van der Waals surface area contributed by atoms with Gasteiger partial charge in [-0.1, -0.05) is 34.6 Å². The number of terminal acetylenes is 1. The van der Waals surface area contributed by atoms with Crippen LogP contribution in [0, 0.1) is 19.3 Å². The van der Waals surface area contributed by atoms with Gasteiger partial charge in [-0.05, 0) is 68.0 Å². The Morgan fingerprint density at radius 3 is 2.25 bits per heavy atom. The molecule has 1 heterocycles. The highest BCUT2D eigenvalue weighted by atomic mass is 32.1. The van der Waals surface area contributed by atoms with Gasteiger partial charge in [0.1, 0.15) is 5.75 Å². The second kappa shape index (κ2) is 17.0. The van der Waals surface area contributed by atoms with Crippen molar-refractivity contribution in [1.82, 2.24) is 5.32 Å². The summed E-state index contributed by atoms with van der Waals surface area (Å²) in [4.78, 5) is 24.9. The van der Waals surface area contributed by atoms with E-state index in [2.05, 4.69) is 26.1 Å². The molecule has 0 aliphatic rings. The summed E-state index contributed by atoms with van der Waals surface area (Å²) in [6, 6.07) is 9.47. The molecule has 0 fully saturated rings. The van der Waals surface area contributed by atoms with Crippen LogP contribution in [0.3, 0.4) is 0 Å². The molecule has 0 radical (unpaired) electrons. The zero-order valence-corrected chi connectivity index (χ0v) is 19.8. The third-order valence-electron chi connectivity index (χ3n) is 4.12. The van der Waals surface area contributed by atoms with Crippen LogP contribution in [0.15, 0.2) is 30.3 Å². The van der Waals surface area contributed by atoms with E-state index < -0.39 is 11.8 Å². The van der Waals surface area contributed by atoms with E-state index in [1.54, 1.807) is 6.07 Å². The highest BCUT2D eigenvalue weighted by molar-refractivity contribution is 7.15. The Morgan fingerprint density at radius 1 is 1.03 bits per heavy atom. The summed E-state index contributed by atoms with van der Waals surface area (Å²) >= 11 is 1.49. The Balaban J connectivity index is 0.000000917. The summed E-state index contributed by atoms with van der Waals surface area (Å²) in [5.41, 5.74) is 1.45. The number of benzene rings is 1. The van der Waals surface area contributed by atoms with Gasteiger partial charge in [0.15, 0.2) is 0 Å². The number of ether oxygens (including phenoxy) is 2. The molecular formula is C26H37NO4S. The molecule has 0 saturated heterocycles. The SMILES string of the molecule is C.C#CC(=O)NC(=O)c1cc(-c2ccc(OCCC)cc2)sc1C.CCCCOCCC. The fourth-order valence-electron chi connectivity index (χ4n) is 2.48. The van der Waals surface area contributed by atoms with Gasteiger partial charge >= 0.3 is 5.91 Å². The van der Waals surface area contributed by atoms with E-state index in [0.29, 0.717) is 12.2 Å². The highest BCUT2D eigenvalue weighted by Gasteiger charge is 2.15. The Kier molecular flexibility index (Phi) is 15.6. The summed E-state index contributed by atoms with van der Waals surface area (Å²) in [6.45, 7) is 10.8. The molecule has 176 valence electrons. The van der Waals surface area contributed by atoms with E-state index in [-0.39, 0.29) is 7.43 Å². The minimum atomic E-state index is -0.737. The second-order valence-electron chi connectivity index (χ2n) is 6.85. The molecule has 5 nitrogen and oxygen atoms in total. The molecule has 0 saturated carbocycles. The average molecular weight is 460 g/mol. The molecule has 2 amide bonds. The largest absolute Gasteiger partial charge is 0.494 e. The number of nitrogens with one attached hydrogen (secondary N) is 1. The van der Waals surface area contributed by atoms with Crippen molar-refractivity contribution < 1.29 is 19.1 Å². The van der Waals surface area contributed by atoms with Crippen LogP contribution < -0.4 is 10.1 Å². The van der Waals surface area contributed by atoms with Crippen molar-refractivity contribution in [3.05, 3.63) is 40.8 Å². The van der Waals surface area contributed by atoms with Crippen molar-refractivity contribution in [2.45, 2.75) is 60.8 Å². The molecular weight excluding hydrogens is 422 g/mol. The van der Waals surface area contributed by atoms with E-state index in [4.69, 9.17) is 15.9 Å². The smallest absolute Gasteiger partial charge is 0.302 e. The molecule has 0 aliphatic carbocycles. The molecule has 0 spiro atoms. The monoisotopic (exact) mass is 459 g/mol. The molecule has 2 rings (SSSR count). The lowest BCUT2D eigenvalue weighted by Gasteiger charge is -2.04. The van der Waals surface area contributed by atoms with E-state index >= 15 is 0 Å². The number of aryl methyl sites for hydroxylation is 1. The van der Waals surface area contributed by atoms with Crippen molar-refractivity contribution in [2.24, 2.45) is 0 Å². The lowest BCUT2D eigenvalue weighted by atomic mass is 10.1. The number of rotatable bonds is 10. The normalized spacial score (nSPS) is 9.59. The van der Waals surface area contributed by atoms with Gasteiger partial charge < -0.3 is 9.47 Å². The predicted octanol–water partition coefficient (Wildman–Crippen LogP) is 6.25. The van der Waals surface area contributed by atoms with Gasteiger partial charge in [-0.3, -0.25) is 14.9 Å². The molecule has 0 aliphatic heterocycles. The molecule has 1 aromatic carbocycles. The number of carbonyl (C=O) groups is 2. The number of amides is 2. The lowest BCUT2D eigenvalue weighted by molar-refractivity contribution is -0.114. The summed E-state index contributed by atoms with van der Waals surface area (Å²) in [5.74, 6) is 1.47.